The fraction of sp³-hybridized carbons (Fsp3) is 0.765. The Morgan fingerprint density at radius 3 is 2.65 bits per heavy atom. The number of aromatic nitrogens is 2. The quantitative estimate of drug-likeness (QED) is 0.750. The fourth-order valence-electron chi connectivity index (χ4n) is 4.08. The largest absolute Gasteiger partial charge is 0.378 e. The minimum atomic E-state index is -3.21. The molecule has 3 aliphatic heterocycles. The third-order valence-electron chi connectivity index (χ3n) is 5.70. The predicted molar refractivity (Wildman–Crippen MR) is 96.8 cm³/mol. The van der Waals surface area contributed by atoms with E-state index >= 15 is 0 Å². The lowest BCUT2D eigenvalue weighted by atomic mass is 9.80. The van der Waals surface area contributed by atoms with Crippen LogP contribution in [0.4, 0.5) is 5.95 Å². The zero-order valence-corrected chi connectivity index (χ0v) is 16.2. The Labute approximate surface area is 154 Å². The van der Waals surface area contributed by atoms with E-state index in [0.29, 0.717) is 39.5 Å². The van der Waals surface area contributed by atoms with Crippen molar-refractivity contribution in [2.45, 2.75) is 32.3 Å². The third kappa shape index (κ3) is 3.00. The molecule has 8 nitrogen and oxygen atoms in total. The van der Waals surface area contributed by atoms with Crippen molar-refractivity contribution in [2.75, 3.05) is 56.7 Å². The Kier molecular flexibility index (Phi) is 4.66. The van der Waals surface area contributed by atoms with Gasteiger partial charge in [0.15, 0.2) is 0 Å². The second-order valence-electron chi connectivity index (χ2n) is 7.29. The second-order valence-corrected chi connectivity index (χ2v) is 9.55. The van der Waals surface area contributed by atoms with Gasteiger partial charge in [-0.05, 0) is 20.3 Å². The molecule has 26 heavy (non-hydrogen) atoms. The molecule has 0 amide bonds. The van der Waals surface area contributed by atoms with E-state index in [1.165, 1.54) is 0 Å². The van der Waals surface area contributed by atoms with Crippen LogP contribution >= 0.6 is 0 Å². The summed E-state index contributed by atoms with van der Waals surface area (Å²) in [6.07, 6.45) is 0.734. The number of nitrogens with zero attached hydrogens (tertiary/aromatic N) is 4. The van der Waals surface area contributed by atoms with Crippen LogP contribution in [0.3, 0.4) is 0 Å². The van der Waals surface area contributed by atoms with Crippen LogP contribution in [0.25, 0.3) is 0 Å². The fourth-order valence-corrected chi connectivity index (χ4v) is 5.26. The van der Waals surface area contributed by atoms with Gasteiger partial charge in [0.1, 0.15) is 0 Å². The molecular formula is C17H26N4O4S. The highest BCUT2D eigenvalue weighted by Gasteiger charge is 2.48. The smallest absolute Gasteiger partial charge is 0.225 e. The lowest BCUT2D eigenvalue weighted by Gasteiger charge is -2.36. The number of hydrogen-bond donors (Lipinski definition) is 0. The van der Waals surface area contributed by atoms with E-state index in [0.717, 1.165) is 42.4 Å². The van der Waals surface area contributed by atoms with E-state index in [-0.39, 0.29) is 11.2 Å². The van der Waals surface area contributed by atoms with Crippen LogP contribution in [0.1, 0.15) is 30.3 Å². The number of anilines is 1. The van der Waals surface area contributed by atoms with Crippen molar-refractivity contribution in [1.82, 2.24) is 14.3 Å². The van der Waals surface area contributed by atoms with E-state index in [1.807, 2.05) is 6.92 Å². The molecule has 4 rings (SSSR count). The van der Waals surface area contributed by atoms with Crippen molar-refractivity contribution in [3.05, 3.63) is 17.0 Å². The first-order valence-corrected chi connectivity index (χ1v) is 10.8. The monoisotopic (exact) mass is 382 g/mol. The van der Waals surface area contributed by atoms with Crippen LogP contribution in [0.15, 0.2) is 0 Å². The van der Waals surface area contributed by atoms with Gasteiger partial charge in [0.05, 0.1) is 43.3 Å². The van der Waals surface area contributed by atoms with Crippen molar-refractivity contribution in [3.63, 3.8) is 0 Å². The third-order valence-corrected chi connectivity index (χ3v) is 7.53. The van der Waals surface area contributed by atoms with Gasteiger partial charge in [0.2, 0.25) is 16.0 Å². The van der Waals surface area contributed by atoms with Crippen LogP contribution in [0.5, 0.6) is 0 Å². The molecular weight excluding hydrogens is 356 g/mol. The van der Waals surface area contributed by atoms with Gasteiger partial charge in [0.25, 0.3) is 0 Å². The number of sulfonamides is 1. The maximum Gasteiger partial charge on any atom is 0.225 e. The first kappa shape index (κ1) is 18.1. The number of hydrogen-bond acceptors (Lipinski definition) is 7. The van der Waals surface area contributed by atoms with Crippen LogP contribution in [0, 0.1) is 6.92 Å². The van der Waals surface area contributed by atoms with Crippen LogP contribution in [-0.2, 0) is 31.5 Å². The molecule has 144 valence electrons. The number of morpholine rings is 1. The molecule has 4 heterocycles. The van der Waals surface area contributed by atoms with Crippen LogP contribution < -0.4 is 4.90 Å². The molecule has 0 aliphatic carbocycles. The number of fused-ring (bicyclic) bond motifs is 2. The summed E-state index contributed by atoms with van der Waals surface area (Å²) in [4.78, 5) is 11.8. The maximum absolute atomic E-state index is 12.4. The Bertz CT molecular complexity index is 794. The molecule has 0 aromatic carbocycles. The topological polar surface area (TPSA) is 84.9 Å². The molecule has 0 N–H and O–H groups in total. The molecule has 3 aliphatic rings. The highest BCUT2D eigenvalue weighted by Crippen LogP contribution is 2.41. The van der Waals surface area contributed by atoms with Crippen molar-refractivity contribution >= 4 is 16.0 Å². The molecule has 2 saturated heterocycles. The first-order valence-electron chi connectivity index (χ1n) is 9.21. The molecule has 9 heteroatoms. The van der Waals surface area contributed by atoms with Gasteiger partial charge in [-0.25, -0.2) is 22.7 Å². The number of rotatable bonds is 3. The molecule has 1 atom stereocenters. The van der Waals surface area contributed by atoms with Gasteiger partial charge in [-0.15, -0.1) is 0 Å². The lowest BCUT2D eigenvalue weighted by molar-refractivity contribution is 0.0525. The standard InChI is InChI=1S/C17H26N4O4S/c1-3-26(22,23)21-5-4-17(11-21)12-25-10-14-13(2)18-16(19-15(14)17)20-6-8-24-9-7-20/h3-12H2,1-2H3/t17-/m0/s1. The van der Waals surface area contributed by atoms with Gasteiger partial charge < -0.3 is 14.4 Å². The molecule has 0 bridgehead atoms. The summed E-state index contributed by atoms with van der Waals surface area (Å²) in [5, 5.41) is 0. The minimum absolute atomic E-state index is 0.124. The molecule has 2 fully saturated rings. The first-order chi connectivity index (χ1) is 12.5. The molecule has 1 spiro atoms. The van der Waals surface area contributed by atoms with Crippen molar-refractivity contribution in [1.29, 1.82) is 0 Å². The SMILES string of the molecule is CCS(=O)(=O)N1CC[C@@]2(COCc3c(C)nc(N4CCOCC4)nc32)C1. The average Bonchev–Trinajstić information content (AvgIpc) is 3.09. The number of aryl methyl sites for hydroxylation is 1. The Morgan fingerprint density at radius 2 is 1.92 bits per heavy atom. The van der Waals surface area contributed by atoms with Crippen molar-refractivity contribution in [2.24, 2.45) is 0 Å². The Balaban J connectivity index is 1.72. The van der Waals surface area contributed by atoms with Gasteiger partial charge in [-0.1, -0.05) is 0 Å². The average molecular weight is 382 g/mol. The van der Waals surface area contributed by atoms with E-state index in [1.54, 1.807) is 11.2 Å². The molecule has 1 aromatic rings. The van der Waals surface area contributed by atoms with Gasteiger partial charge >= 0.3 is 0 Å². The number of ether oxygens (including phenoxy) is 2. The summed E-state index contributed by atoms with van der Waals surface area (Å²) in [6.45, 7) is 8.55. The highest BCUT2D eigenvalue weighted by molar-refractivity contribution is 7.89. The molecule has 0 saturated carbocycles. The van der Waals surface area contributed by atoms with E-state index in [9.17, 15) is 8.42 Å². The summed E-state index contributed by atoms with van der Waals surface area (Å²) in [5.74, 6) is 0.848. The Morgan fingerprint density at radius 1 is 1.15 bits per heavy atom. The lowest BCUT2D eigenvalue weighted by Crippen LogP contribution is -2.43. The summed E-state index contributed by atoms with van der Waals surface area (Å²) >= 11 is 0. The van der Waals surface area contributed by atoms with Gasteiger partial charge in [0, 0.05) is 37.4 Å². The predicted octanol–water partition coefficient (Wildman–Crippen LogP) is 0.445. The van der Waals surface area contributed by atoms with E-state index in [2.05, 4.69) is 4.90 Å². The molecule has 0 unspecified atom stereocenters. The van der Waals surface area contributed by atoms with Crippen LogP contribution in [0.2, 0.25) is 0 Å². The maximum atomic E-state index is 12.4. The van der Waals surface area contributed by atoms with E-state index in [4.69, 9.17) is 19.4 Å². The zero-order chi connectivity index (χ0) is 18.4. The Hall–Kier alpha value is -1.29. The molecule has 1 aromatic heterocycles. The molecule has 0 radical (unpaired) electrons. The summed E-state index contributed by atoms with van der Waals surface area (Å²) < 4.78 is 37.6. The summed E-state index contributed by atoms with van der Waals surface area (Å²) in [5.41, 5.74) is 2.55. The van der Waals surface area contributed by atoms with E-state index < -0.39 is 10.0 Å². The van der Waals surface area contributed by atoms with Crippen molar-refractivity contribution < 1.29 is 17.9 Å². The van der Waals surface area contributed by atoms with Gasteiger partial charge in [-0.3, -0.25) is 0 Å². The minimum Gasteiger partial charge on any atom is -0.378 e. The zero-order valence-electron chi connectivity index (χ0n) is 15.4. The summed E-state index contributed by atoms with van der Waals surface area (Å²) in [6, 6.07) is 0. The van der Waals surface area contributed by atoms with Gasteiger partial charge in [-0.2, -0.15) is 0 Å². The summed E-state index contributed by atoms with van der Waals surface area (Å²) in [7, 11) is -3.21. The van der Waals surface area contributed by atoms with Crippen LogP contribution in [-0.4, -0.2) is 74.4 Å². The second kappa shape index (κ2) is 6.70. The van der Waals surface area contributed by atoms with Crippen molar-refractivity contribution in [3.8, 4) is 0 Å². The highest BCUT2D eigenvalue weighted by atomic mass is 32.2. The normalized spacial score (nSPS) is 27.1.